The lowest BCUT2D eigenvalue weighted by Crippen LogP contribution is -2.45. The van der Waals surface area contributed by atoms with Gasteiger partial charge in [-0.25, -0.2) is 0 Å². The zero-order valence-electron chi connectivity index (χ0n) is 13.0. The number of carbonyl (C=O) groups excluding carboxylic acids is 1. The third kappa shape index (κ3) is 6.70. The highest BCUT2D eigenvalue weighted by Gasteiger charge is 2.30. The van der Waals surface area contributed by atoms with Crippen molar-refractivity contribution < 1.29 is 9.53 Å². The van der Waals surface area contributed by atoms with Gasteiger partial charge in [0, 0.05) is 33.3 Å². The van der Waals surface area contributed by atoms with E-state index in [1.165, 1.54) is 19.4 Å². The molecule has 1 aliphatic carbocycles. The molecule has 1 saturated carbocycles. The van der Waals surface area contributed by atoms with Crippen LogP contribution in [0.2, 0.25) is 0 Å². The van der Waals surface area contributed by atoms with Gasteiger partial charge in [0.25, 0.3) is 0 Å². The van der Waals surface area contributed by atoms with Crippen LogP contribution in [0, 0.1) is 11.8 Å². The van der Waals surface area contributed by atoms with E-state index in [4.69, 9.17) is 10.5 Å². The standard InChI is InChI=1S/C14H27N3O2.2ClH/c1-16(7-11-3-4-11)8-12-5-6-17(9-12)14(18)13(15)10-19-2;;/h11-13H,3-10,15H2,1-2H3;2*1H. The monoisotopic (exact) mass is 341 g/mol. The Morgan fingerprint density at radius 1 is 1.29 bits per heavy atom. The lowest BCUT2D eigenvalue weighted by molar-refractivity contribution is -0.132. The SMILES string of the molecule is COCC(N)C(=O)N1CCC(CN(C)CC2CC2)C1.Cl.Cl. The number of rotatable bonds is 7. The minimum Gasteiger partial charge on any atom is -0.383 e. The minimum atomic E-state index is -0.507. The molecule has 0 spiro atoms. The van der Waals surface area contributed by atoms with Crippen molar-refractivity contribution in [2.24, 2.45) is 17.6 Å². The van der Waals surface area contributed by atoms with Crippen LogP contribution in [-0.4, -0.2) is 68.7 Å². The molecule has 2 N–H and O–H groups in total. The highest BCUT2D eigenvalue weighted by atomic mass is 35.5. The number of halogens is 2. The Balaban J connectivity index is 0.00000200. The van der Waals surface area contributed by atoms with Crippen LogP contribution < -0.4 is 5.73 Å². The van der Waals surface area contributed by atoms with Gasteiger partial charge in [0.1, 0.15) is 6.04 Å². The van der Waals surface area contributed by atoms with Gasteiger partial charge in [0.15, 0.2) is 0 Å². The van der Waals surface area contributed by atoms with Crippen LogP contribution in [0.1, 0.15) is 19.3 Å². The van der Waals surface area contributed by atoms with Gasteiger partial charge in [-0.1, -0.05) is 0 Å². The lowest BCUT2D eigenvalue weighted by Gasteiger charge is -2.23. The van der Waals surface area contributed by atoms with Crippen molar-refractivity contribution in [1.29, 1.82) is 0 Å². The Hall–Kier alpha value is -0.0700. The van der Waals surface area contributed by atoms with Crippen molar-refractivity contribution in [2.75, 3.05) is 46.9 Å². The van der Waals surface area contributed by atoms with Crippen LogP contribution in [0.25, 0.3) is 0 Å². The minimum absolute atomic E-state index is 0. The van der Waals surface area contributed by atoms with Crippen molar-refractivity contribution in [1.82, 2.24) is 9.80 Å². The molecule has 0 radical (unpaired) electrons. The molecule has 1 heterocycles. The van der Waals surface area contributed by atoms with Crippen LogP contribution >= 0.6 is 24.8 Å². The number of nitrogens with two attached hydrogens (primary N) is 1. The zero-order valence-corrected chi connectivity index (χ0v) is 14.6. The molecule has 1 aliphatic heterocycles. The molecule has 2 atom stereocenters. The summed E-state index contributed by atoms with van der Waals surface area (Å²) in [7, 11) is 3.77. The maximum atomic E-state index is 12.1. The van der Waals surface area contributed by atoms with Crippen molar-refractivity contribution in [3.05, 3.63) is 0 Å². The Kier molecular flexibility index (Phi) is 9.81. The third-order valence-electron chi connectivity index (χ3n) is 4.10. The van der Waals surface area contributed by atoms with Gasteiger partial charge >= 0.3 is 0 Å². The molecule has 2 unspecified atom stereocenters. The van der Waals surface area contributed by atoms with Gasteiger partial charge < -0.3 is 20.3 Å². The van der Waals surface area contributed by atoms with Crippen LogP contribution in [0.15, 0.2) is 0 Å². The molecule has 1 amide bonds. The topological polar surface area (TPSA) is 58.8 Å². The van der Waals surface area contributed by atoms with Crippen molar-refractivity contribution in [3.63, 3.8) is 0 Å². The molecule has 21 heavy (non-hydrogen) atoms. The maximum Gasteiger partial charge on any atom is 0.241 e. The molecule has 2 aliphatic rings. The number of ether oxygens (including phenoxy) is 1. The second-order valence-electron chi connectivity index (χ2n) is 6.17. The molecule has 2 rings (SSSR count). The number of likely N-dealkylation sites (tertiary alicyclic amines) is 1. The first-order chi connectivity index (χ1) is 9.10. The van der Waals surface area contributed by atoms with Gasteiger partial charge in [-0.3, -0.25) is 4.79 Å². The summed E-state index contributed by atoms with van der Waals surface area (Å²) < 4.78 is 4.95. The molecule has 5 nitrogen and oxygen atoms in total. The Morgan fingerprint density at radius 2 is 1.90 bits per heavy atom. The zero-order chi connectivity index (χ0) is 13.8. The first-order valence-corrected chi connectivity index (χ1v) is 7.32. The van der Waals surface area contributed by atoms with Crippen LogP contribution in [0.5, 0.6) is 0 Å². The smallest absolute Gasteiger partial charge is 0.241 e. The predicted octanol–water partition coefficient (Wildman–Crippen LogP) is 0.994. The second kappa shape index (κ2) is 9.85. The van der Waals surface area contributed by atoms with Gasteiger partial charge in [-0.15, -0.1) is 24.8 Å². The summed E-state index contributed by atoms with van der Waals surface area (Å²) in [5.41, 5.74) is 5.80. The number of carbonyl (C=O) groups is 1. The summed E-state index contributed by atoms with van der Waals surface area (Å²) in [6, 6.07) is -0.507. The van der Waals surface area contributed by atoms with Crippen molar-refractivity contribution in [3.8, 4) is 0 Å². The fourth-order valence-electron chi connectivity index (χ4n) is 2.92. The van der Waals surface area contributed by atoms with Gasteiger partial charge in [0.2, 0.25) is 5.91 Å². The first-order valence-electron chi connectivity index (χ1n) is 7.32. The Labute approximate surface area is 140 Å². The van der Waals surface area contributed by atoms with Crippen molar-refractivity contribution in [2.45, 2.75) is 25.3 Å². The summed E-state index contributed by atoms with van der Waals surface area (Å²) in [4.78, 5) is 16.4. The highest BCUT2D eigenvalue weighted by molar-refractivity contribution is 5.85. The van der Waals surface area contributed by atoms with Gasteiger partial charge in [0.05, 0.1) is 6.61 Å². The second-order valence-corrected chi connectivity index (χ2v) is 6.17. The Morgan fingerprint density at radius 3 is 2.48 bits per heavy atom. The summed E-state index contributed by atoms with van der Waals surface area (Å²) in [5, 5.41) is 0. The number of hydrogen-bond acceptors (Lipinski definition) is 4. The van der Waals surface area contributed by atoms with Gasteiger partial charge in [-0.2, -0.15) is 0 Å². The van der Waals surface area contributed by atoms with Crippen LogP contribution in [0.3, 0.4) is 0 Å². The first kappa shape index (κ1) is 20.9. The fourth-order valence-corrected chi connectivity index (χ4v) is 2.92. The third-order valence-corrected chi connectivity index (χ3v) is 4.10. The van der Waals surface area contributed by atoms with E-state index < -0.39 is 6.04 Å². The van der Waals surface area contributed by atoms with E-state index in [1.807, 2.05) is 4.90 Å². The predicted molar refractivity (Wildman–Crippen MR) is 89.3 cm³/mol. The Bertz CT molecular complexity index is 317. The maximum absolute atomic E-state index is 12.1. The molecule has 0 aromatic heterocycles. The summed E-state index contributed by atoms with van der Waals surface area (Å²) in [6.07, 6.45) is 3.89. The van der Waals surface area contributed by atoms with Crippen molar-refractivity contribution >= 4 is 30.7 Å². The summed E-state index contributed by atoms with van der Waals surface area (Å²) in [6.45, 7) is 4.32. The largest absolute Gasteiger partial charge is 0.383 e. The molecule has 2 fully saturated rings. The number of hydrogen-bond donors (Lipinski definition) is 1. The van der Waals surface area contributed by atoms with E-state index >= 15 is 0 Å². The summed E-state index contributed by atoms with van der Waals surface area (Å²) >= 11 is 0. The molecule has 1 saturated heterocycles. The molecule has 0 bridgehead atoms. The van der Waals surface area contributed by atoms with E-state index in [0.29, 0.717) is 12.5 Å². The molecule has 7 heteroatoms. The van der Waals surface area contributed by atoms with E-state index in [2.05, 4.69) is 11.9 Å². The number of nitrogens with zero attached hydrogens (tertiary/aromatic N) is 2. The van der Waals surface area contributed by atoms with Crippen LogP contribution in [-0.2, 0) is 9.53 Å². The molecular weight excluding hydrogens is 313 g/mol. The molecular formula is C14H29Cl2N3O2. The quantitative estimate of drug-likeness (QED) is 0.750. The average Bonchev–Trinajstić information content (AvgIpc) is 3.05. The van der Waals surface area contributed by atoms with E-state index in [1.54, 1.807) is 7.11 Å². The molecule has 0 aromatic rings. The lowest BCUT2D eigenvalue weighted by atomic mass is 10.1. The van der Waals surface area contributed by atoms with E-state index in [9.17, 15) is 4.79 Å². The number of amides is 1. The fraction of sp³-hybridized carbons (Fsp3) is 0.929. The number of methoxy groups -OCH3 is 1. The van der Waals surface area contributed by atoms with Gasteiger partial charge in [-0.05, 0) is 38.1 Å². The average molecular weight is 342 g/mol. The van der Waals surface area contributed by atoms with E-state index in [-0.39, 0.29) is 30.7 Å². The summed E-state index contributed by atoms with van der Waals surface area (Å²) in [5.74, 6) is 1.57. The normalized spacial score (nSPS) is 22.7. The van der Waals surface area contributed by atoms with E-state index in [0.717, 1.165) is 32.0 Å². The highest BCUT2D eigenvalue weighted by Crippen LogP contribution is 2.30. The molecule has 126 valence electrons. The molecule has 0 aromatic carbocycles. The van der Waals surface area contributed by atoms with Crippen LogP contribution in [0.4, 0.5) is 0 Å².